The second-order valence-corrected chi connectivity index (χ2v) is 3.12. The third kappa shape index (κ3) is 3.65. The first kappa shape index (κ1) is 13.8. The van der Waals surface area contributed by atoms with Gasteiger partial charge in [0.1, 0.15) is 13.3 Å². The summed E-state index contributed by atoms with van der Waals surface area (Å²) in [7, 11) is 1.18. The molecule has 0 aliphatic rings. The summed E-state index contributed by atoms with van der Waals surface area (Å²) < 4.78 is 21.3. The van der Waals surface area contributed by atoms with Crippen molar-refractivity contribution in [3.8, 4) is 5.88 Å². The molecular weight excluding hydrogens is 245 g/mol. The molecule has 1 N–H and O–H groups in total. The van der Waals surface area contributed by atoms with Gasteiger partial charge in [0.15, 0.2) is 11.5 Å². The molecule has 1 heterocycles. The quantitative estimate of drug-likeness (QED) is 0.775. The Morgan fingerprint density at radius 1 is 1.50 bits per heavy atom. The van der Waals surface area contributed by atoms with Crippen LogP contribution in [-0.2, 0) is 9.53 Å². The number of anilines is 1. The Balaban J connectivity index is 3.03. The number of esters is 1. The van der Waals surface area contributed by atoms with Crippen LogP contribution < -0.4 is 10.1 Å². The van der Waals surface area contributed by atoms with Crippen molar-refractivity contribution < 1.29 is 23.5 Å². The van der Waals surface area contributed by atoms with Crippen LogP contribution in [0.5, 0.6) is 5.88 Å². The van der Waals surface area contributed by atoms with Crippen molar-refractivity contribution in [2.75, 3.05) is 25.7 Å². The van der Waals surface area contributed by atoms with Crippen molar-refractivity contribution in [2.24, 2.45) is 0 Å². The van der Waals surface area contributed by atoms with Gasteiger partial charge in [-0.05, 0) is 0 Å². The van der Waals surface area contributed by atoms with Crippen molar-refractivity contribution in [1.29, 1.82) is 0 Å². The van der Waals surface area contributed by atoms with E-state index in [4.69, 9.17) is 4.74 Å². The van der Waals surface area contributed by atoms with E-state index in [-0.39, 0.29) is 24.0 Å². The number of carbonyl (C=O) groups is 2. The molecule has 1 aromatic heterocycles. The molecule has 0 aliphatic heterocycles. The van der Waals surface area contributed by atoms with Gasteiger partial charge in [0.25, 0.3) is 0 Å². The van der Waals surface area contributed by atoms with Crippen LogP contribution in [0.15, 0.2) is 6.20 Å². The molecule has 98 valence electrons. The van der Waals surface area contributed by atoms with E-state index >= 15 is 0 Å². The fraction of sp³-hybridized carbons (Fsp3) is 0.400. The van der Waals surface area contributed by atoms with Gasteiger partial charge in [-0.1, -0.05) is 0 Å². The van der Waals surface area contributed by atoms with Gasteiger partial charge >= 0.3 is 5.97 Å². The summed E-state index contributed by atoms with van der Waals surface area (Å²) >= 11 is 0. The molecule has 8 heteroatoms. The number of nitrogens with one attached hydrogen (secondary N) is 1. The van der Waals surface area contributed by atoms with Crippen LogP contribution in [0.3, 0.4) is 0 Å². The molecule has 0 fully saturated rings. The number of nitrogens with zero attached hydrogens (tertiary/aromatic N) is 2. The average Bonchev–Trinajstić information content (AvgIpc) is 2.35. The highest BCUT2D eigenvalue weighted by atomic mass is 19.1. The van der Waals surface area contributed by atoms with Gasteiger partial charge in [0.2, 0.25) is 11.8 Å². The first-order valence-corrected chi connectivity index (χ1v) is 5.00. The second kappa shape index (κ2) is 6.48. The number of rotatable bonds is 5. The maximum atomic E-state index is 11.9. The van der Waals surface area contributed by atoms with Crippen molar-refractivity contribution in [1.82, 2.24) is 9.97 Å². The standard InChI is InChI=1S/C10H12FN3O4/c1-6(15)13-9-8(10(16)17-2)12-5-7(14-9)18-4-3-11/h5H,3-4H2,1-2H3,(H,13,14,15). The van der Waals surface area contributed by atoms with Crippen LogP contribution in [0.25, 0.3) is 0 Å². The zero-order valence-corrected chi connectivity index (χ0v) is 9.90. The summed E-state index contributed by atoms with van der Waals surface area (Å²) in [5.41, 5.74) is -0.153. The SMILES string of the molecule is COC(=O)c1ncc(OCCF)nc1NC(C)=O. The summed E-state index contributed by atoms with van der Waals surface area (Å²) in [6, 6.07) is 0. The normalized spacial score (nSPS) is 9.72. The summed E-state index contributed by atoms with van der Waals surface area (Å²) in [4.78, 5) is 29.9. The van der Waals surface area contributed by atoms with E-state index in [9.17, 15) is 14.0 Å². The maximum absolute atomic E-state index is 11.9. The number of hydrogen-bond donors (Lipinski definition) is 1. The Bertz CT molecular complexity index is 453. The maximum Gasteiger partial charge on any atom is 0.360 e. The molecule has 0 bridgehead atoms. The van der Waals surface area contributed by atoms with Gasteiger partial charge in [0.05, 0.1) is 13.3 Å². The molecule has 0 radical (unpaired) electrons. The molecule has 0 aromatic carbocycles. The van der Waals surface area contributed by atoms with Crippen molar-refractivity contribution >= 4 is 17.7 Å². The first-order chi connectivity index (χ1) is 8.58. The molecule has 1 amide bonds. The highest BCUT2D eigenvalue weighted by Gasteiger charge is 2.17. The molecule has 18 heavy (non-hydrogen) atoms. The molecule has 1 rings (SSSR count). The number of ether oxygens (including phenoxy) is 2. The number of methoxy groups -OCH3 is 1. The lowest BCUT2D eigenvalue weighted by atomic mass is 10.4. The number of hydrogen-bond acceptors (Lipinski definition) is 6. The van der Waals surface area contributed by atoms with Gasteiger partial charge in [-0.2, -0.15) is 4.98 Å². The molecule has 0 aliphatic carbocycles. The van der Waals surface area contributed by atoms with E-state index < -0.39 is 18.6 Å². The molecule has 7 nitrogen and oxygen atoms in total. The summed E-state index contributed by atoms with van der Waals surface area (Å²) in [5.74, 6) is -1.27. The van der Waals surface area contributed by atoms with Crippen LogP contribution >= 0.6 is 0 Å². The number of alkyl halides is 1. The molecule has 1 aromatic rings. The van der Waals surface area contributed by atoms with E-state index in [0.717, 1.165) is 6.20 Å². The number of halogens is 1. The minimum Gasteiger partial charge on any atom is -0.474 e. The third-order valence-electron chi connectivity index (χ3n) is 1.75. The molecule has 0 saturated carbocycles. The van der Waals surface area contributed by atoms with Crippen LogP contribution in [-0.4, -0.2) is 42.2 Å². The number of carbonyl (C=O) groups excluding carboxylic acids is 2. The van der Waals surface area contributed by atoms with Crippen LogP contribution in [0.2, 0.25) is 0 Å². The number of amides is 1. The first-order valence-electron chi connectivity index (χ1n) is 5.00. The van der Waals surface area contributed by atoms with Crippen molar-refractivity contribution in [3.63, 3.8) is 0 Å². The topological polar surface area (TPSA) is 90.4 Å². The van der Waals surface area contributed by atoms with Gasteiger partial charge in [0, 0.05) is 6.92 Å². The zero-order chi connectivity index (χ0) is 13.5. The largest absolute Gasteiger partial charge is 0.474 e. The monoisotopic (exact) mass is 257 g/mol. The summed E-state index contributed by atoms with van der Waals surface area (Å²) in [6.07, 6.45) is 1.15. The fourth-order valence-corrected chi connectivity index (χ4v) is 1.09. The van der Waals surface area contributed by atoms with E-state index in [1.807, 2.05) is 0 Å². The highest BCUT2D eigenvalue weighted by Crippen LogP contribution is 2.15. The van der Waals surface area contributed by atoms with E-state index in [0.29, 0.717) is 0 Å². The number of aromatic nitrogens is 2. The lowest BCUT2D eigenvalue weighted by Crippen LogP contribution is -2.16. The van der Waals surface area contributed by atoms with Crippen LogP contribution in [0, 0.1) is 0 Å². The van der Waals surface area contributed by atoms with Crippen molar-refractivity contribution in [3.05, 3.63) is 11.9 Å². The predicted octanol–water partition coefficient (Wildman–Crippen LogP) is 0.570. The van der Waals surface area contributed by atoms with Gasteiger partial charge < -0.3 is 14.8 Å². The average molecular weight is 257 g/mol. The van der Waals surface area contributed by atoms with Gasteiger partial charge in [-0.15, -0.1) is 0 Å². The smallest absolute Gasteiger partial charge is 0.360 e. The second-order valence-electron chi connectivity index (χ2n) is 3.12. The zero-order valence-electron chi connectivity index (χ0n) is 9.90. The molecular formula is C10H12FN3O4. The summed E-state index contributed by atoms with van der Waals surface area (Å²) in [6.45, 7) is 0.375. The molecule has 0 unspecified atom stereocenters. The van der Waals surface area contributed by atoms with E-state index in [2.05, 4.69) is 20.0 Å². The summed E-state index contributed by atoms with van der Waals surface area (Å²) in [5, 5.41) is 2.32. The Morgan fingerprint density at radius 2 is 2.22 bits per heavy atom. The molecule has 0 atom stereocenters. The Hall–Kier alpha value is -2.25. The lowest BCUT2D eigenvalue weighted by Gasteiger charge is -2.08. The van der Waals surface area contributed by atoms with Crippen LogP contribution in [0.1, 0.15) is 17.4 Å². The van der Waals surface area contributed by atoms with Crippen LogP contribution in [0.4, 0.5) is 10.2 Å². The Kier molecular flexibility index (Phi) is 4.97. The third-order valence-corrected chi connectivity index (χ3v) is 1.75. The van der Waals surface area contributed by atoms with E-state index in [1.165, 1.54) is 14.0 Å². The Labute approximate surface area is 102 Å². The highest BCUT2D eigenvalue weighted by molar-refractivity contribution is 5.97. The van der Waals surface area contributed by atoms with Gasteiger partial charge in [-0.25, -0.2) is 14.2 Å². The van der Waals surface area contributed by atoms with Crippen molar-refractivity contribution in [2.45, 2.75) is 6.92 Å². The fourth-order valence-electron chi connectivity index (χ4n) is 1.09. The molecule has 0 spiro atoms. The Morgan fingerprint density at radius 3 is 2.78 bits per heavy atom. The van der Waals surface area contributed by atoms with E-state index in [1.54, 1.807) is 0 Å². The minimum atomic E-state index is -0.747. The molecule has 0 saturated heterocycles. The minimum absolute atomic E-state index is 0.00375. The lowest BCUT2D eigenvalue weighted by molar-refractivity contribution is -0.114. The van der Waals surface area contributed by atoms with Gasteiger partial charge in [-0.3, -0.25) is 4.79 Å². The predicted molar refractivity (Wildman–Crippen MR) is 59.1 cm³/mol.